The first-order valence-electron chi connectivity index (χ1n) is 13.0. The van der Waals surface area contributed by atoms with Crippen molar-refractivity contribution in [1.82, 2.24) is 0 Å². The van der Waals surface area contributed by atoms with E-state index in [1.54, 1.807) is 0 Å². The van der Waals surface area contributed by atoms with Crippen LogP contribution in [0.5, 0.6) is 0 Å². The lowest BCUT2D eigenvalue weighted by Gasteiger charge is -2.29. The highest BCUT2D eigenvalue weighted by Crippen LogP contribution is 2.44. The minimum atomic E-state index is -2.53. The fourth-order valence-corrected chi connectivity index (χ4v) is 15.0. The first-order chi connectivity index (χ1) is 16.6. The van der Waals surface area contributed by atoms with Crippen molar-refractivity contribution in [3.05, 3.63) is 0 Å². The average Bonchev–Trinajstić information content (AvgIpc) is 2.81. The molecule has 6 nitrogen and oxygen atoms in total. The summed E-state index contributed by atoms with van der Waals surface area (Å²) in [5.74, 6) is 2.14. The summed E-state index contributed by atoms with van der Waals surface area (Å²) in [7, 11) is 2.45. The van der Waals surface area contributed by atoms with Crippen molar-refractivity contribution >= 4 is 58.8 Å². The predicted octanol–water partition coefficient (Wildman–Crippen LogP) is 8.10. The molecule has 0 heterocycles. The van der Waals surface area contributed by atoms with Gasteiger partial charge in [-0.05, 0) is 73.0 Å². The normalized spacial score (nSPS) is 12.5. The molecule has 34 heavy (non-hydrogen) atoms. The molecule has 0 aromatic rings. The zero-order valence-corrected chi connectivity index (χ0v) is 27.7. The Balaban J connectivity index is 4.14. The van der Waals surface area contributed by atoms with Crippen molar-refractivity contribution in [3.63, 3.8) is 0 Å². The van der Waals surface area contributed by atoms with Crippen LogP contribution >= 0.6 is 41.2 Å². The summed E-state index contributed by atoms with van der Waals surface area (Å²) in [4.78, 5) is 0. The summed E-state index contributed by atoms with van der Waals surface area (Å²) in [5.41, 5.74) is 0. The topological polar surface area (TPSA) is 55.4 Å². The van der Waals surface area contributed by atoms with E-state index in [4.69, 9.17) is 26.6 Å². The summed E-state index contributed by atoms with van der Waals surface area (Å²) in [5, 5.41) is 0. The maximum Gasteiger partial charge on any atom is 0.500 e. The lowest BCUT2D eigenvalue weighted by atomic mass is 10.4. The number of rotatable bonds is 27. The van der Waals surface area contributed by atoms with Gasteiger partial charge >= 0.3 is 17.6 Å². The third-order valence-corrected chi connectivity index (χ3v) is 17.4. The van der Waals surface area contributed by atoms with Crippen LogP contribution in [0.15, 0.2) is 0 Å². The summed E-state index contributed by atoms with van der Waals surface area (Å²) in [6, 6.07) is 1.78. The Morgan fingerprint density at radius 1 is 0.471 bits per heavy atom. The maximum absolute atomic E-state index is 6.16. The smallest absolute Gasteiger partial charge is 0.374 e. The van der Waals surface area contributed by atoms with Gasteiger partial charge < -0.3 is 26.6 Å². The minimum absolute atomic E-state index is 0.646. The van der Waals surface area contributed by atoms with Gasteiger partial charge in [0.2, 0.25) is 0 Å². The average molecular weight is 595 g/mol. The van der Waals surface area contributed by atoms with Crippen LogP contribution in [-0.4, -0.2) is 68.8 Å². The second kappa shape index (κ2) is 24.9. The van der Waals surface area contributed by atoms with E-state index in [0.29, 0.717) is 26.4 Å². The number of unbranched alkanes of at least 4 members (excludes halogenated alkanes) is 2. The molecule has 12 heteroatoms. The van der Waals surface area contributed by atoms with E-state index < -0.39 is 17.6 Å². The van der Waals surface area contributed by atoms with Gasteiger partial charge in [-0.3, -0.25) is 0 Å². The van der Waals surface area contributed by atoms with Crippen LogP contribution in [0, 0.1) is 0 Å². The highest BCUT2D eigenvalue weighted by molar-refractivity contribution is 9.26. The Morgan fingerprint density at radius 3 is 1.12 bits per heavy atom. The van der Waals surface area contributed by atoms with Gasteiger partial charge in [-0.15, -0.1) is 0 Å². The summed E-state index contributed by atoms with van der Waals surface area (Å²) < 4.78 is 36.4. The molecule has 0 fully saturated rings. The molecule has 206 valence electrons. The van der Waals surface area contributed by atoms with Gasteiger partial charge in [-0.25, -0.2) is 0 Å². The minimum Gasteiger partial charge on any atom is -0.374 e. The summed E-state index contributed by atoms with van der Waals surface area (Å²) in [6.45, 7) is 16.5. The Kier molecular flexibility index (Phi) is 26.1. The zero-order valence-electron chi connectivity index (χ0n) is 22.4. The molecule has 0 unspecified atom stereocenters. The lowest BCUT2D eigenvalue weighted by Crippen LogP contribution is -2.46. The van der Waals surface area contributed by atoms with Crippen molar-refractivity contribution in [2.75, 3.05) is 51.1 Å². The third-order valence-electron chi connectivity index (χ3n) is 4.64. The van der Waals surface area contributed by atoms with Crippen molar-refractivity contribution in [2.45, 2.75) is 92.2 Å². The Morgan fingerprint density at radius 2 is 0.824 bits per heavy atom. The van der Waals surface area contributed by atoms with E-state index in [-0.39, 0.29) is 0 Å². The molecule has 0 aliphatic rings. The van der Waals surface area contributed by atoms with Crippen molar-refractivity contribution in [2.24, 2.45) is 0 Å². The van der Waals surface area contributed by atoms with Gasteiger partial charge in [0.1, 0.15) is 0 Å². The lowest BCUT2D eigenvalue weighted by molar-refractivity contribution is 0.0652. The SMILES string of the molecule is CCCCO[Si](CCCSSSSCCC[Si](OCC)(OCC)OCCCC)(OCC)OCC. The van der Waals surface area contributed by atoms with Crippen LogP contribution in [0.1, 0.15) is 80.1 Å². The fraction of sp³-hybridized carbons (Fsp3) is 1.00. The number of hydrogen-bond donors (Lipinski definition) is 0. The van der Waals surface area contributed by atoms with Crippen LogP contribution in [0.25, 0.3) is 0 Å². The van der Waals surface area contributed by atoms with Crippen LogP contribution in [0.3, 0.4) is 0 Å². The molecule has 0 rings (SSSR count). The first kappa shape index (κ1) is 35.6. The van der Waals surface area contributed by atoms with Crippen molar-refractivity contribution < 1.29 is 26.6 Å². The molecule has 0 amide bonds. The molecular formula is C22H50O6S4Si2. The molecule has 0 N–H and O–H groups in total. The fourth-order valence-electron chi connectivity index (χ4n) is 3.11. The molecule has 0 aliphatic carbocycles. The van der Waals surface area contributed by atoms with Gasteiger partial charge in [-0.1, -0.05) is 48.3 Å². The molecule has 0 aromatic carbocycles. The predicted molar refractivity (Wildman–Crippen MR) is 159 cm³/mol. The van der Waals surface area contributed by atoms with E-state index in [1.807, 2.05) is 68.9 Å². The molecule has 0 radical (unpaired) electrons. The Labute approximate surface area is 227 Å². The zero-order chi connectivity index (χ0) is 25.4. The van der Waals surface area contributed by atoms with Gasteiger partial charge in [0.05, 0.1) is 0 Å². The van der Waals surface area contributed by atoms with Crippen molar-refractivity contribution in [1.29, 1.82) is 0 Å². The molecule has 0 aromatic heterocycles. The quantitative estimate of drug-likeness (QED) is 0.0529. The number of hydrogen-bond acceptors (Lipinski definition) is 10. The summed E-state index contributed by atoms with van der Waals surface area (Å²) in [6.07, 6.45) is 6.45. The van der Waals surface area contributed by atoms with E-state index in [0.717, 1.165) is 75.3 Å². The third kappa shape index (κ3) is 17.9. The maximum atomic E-state index is 6.16. The van der Waals surface area contributed by atoms with E-state index >= 15 is 0 Å². The standard InChI is InChI=1S/C22H50O6S4Si2/c1-7-13-17-27-33(23-9-3,24-10-4)21-15-19-29-31-32-30-20-16-22-34(25-11-5,26-12-6)28-18-14-8-2/h7-22H2,1-6H3. The molecule has 0 saturated carbocycles. The second-order valence-corrected chi connectivity index (χ2v) is 19.2. The molecular weight excluding hydrogens is 545 g/mol. The largest absolute Gasteiger partial charge is 0.500 e. The summed E-state index contributed by atoms with van der Waals surface area (Å²) >= 11 is 0. The molecule has 0 bridgehead atoms. The molecule has 0 spiro atoms. The first-order valence-corrected chi connectivity index (χ1v) is 22.0. The van der Waals surface area contributed by atoms with Crippen LogP contribution < -0.4 is 0 Å². The second-order valence-electron chi connectivity index (χ2n) is 7.49. The van der Waals surface area contributed by atoms with Gasteiger partial charge in [-0.2, -0.15) is 0 Å². The highest BCUT2D eigenvalue weighted by atomic mass is 33.7. The van der Waals surface area contributed by atoms with Crippen LogP contribution in [-0.2, 0) is 26.6 Å². The molecule has 0 atom stereocenters. The molecule has 0 saturated heterocycles. The van der Waals surface area contributed by atoms with Crippen LogP contribution in [0.4, 0.5) is 0 Å². The van der Waals surface area contributed by atoms with E-state index in [1.165, 1.54) is 0 Å². The van der Waals surface area contributed by atoms with Gasteiger partial charge in [0.25, 0.3) is 0 Å². The van der Waals surface area contributed by atoms with Gasteiger partial charge in [0, 0.05) is 63.2 Å². The van der Waals surface area contributed by atoms with Crippen LogP contribution in [0.2, 0.25) is 12.1 Å². The highest BCUT2D eigenvalue weighted by Gasteiger charge is 2.40. The Hall–Kier alpha value is 1.59. The van der Waals surface area contributed by atoms with E-state index in [2.05, 4.69) is 13.8 Å². The molecule has 0 aliphatic heterocycles. The van der Waals surface area contributed by atoms with Gasteiger partial charge in [0.15, 0.2) is 0 Å². The Bertz CT molecular complexity index is 394. The monoisotopic (exact) mass is 594 g/mol. The van der Waals surface area contributed by atoms with Crippen molar-refractivity contribution in [3.8, 4) is 0 Å². The van der Waals surface area contributed by atoms with E-state index in [9.17, 15) is 0 Å².